The van der Waals surface area contributed by atoms with E-state index in [1.807, 2.05) is 14.1 Å². The van der Waals surface area contributed by atoms with Crippen LogP contribution in [-0.2, 0) is 4.79 Å². The van der Waals surface area contributed by atoms with Crippen molar-refractivity contribution in [2.75, 3.05) is 33.7 Å². The second-order valence-corrected chi connectivity index (χ2v) is 6.06. The number of likely N-dealkylation sites (tertiary alicyclic amines) is 1. The van der Waals surface area contributed by atoms with Gasteiger partial charge in [-0.3, -0.25) is 4.79 Å². The highest BCUT2D eigenvalue weighted by atomic mass is 16.4. The van der Waals surface area contributed by atoms with Gasteiger partial charge in [-0.25, -0.2) is 4.79 Å². The Balaban J connectivity index is 2.38. The standard InChI is InChI=1S/C13H25N3O3/c1-13(2,15(3)4)9-14-12(19)16-6-5-10(8-16)7-11(17)18/h10H,5-9H2,1-4H3,(H,14,19)(H,17,18). The number of hydrogen-bond acceptors (Lipinski definition) is 3. The number of rotatable bonds is 5. The molecule has 0 saturated carbocycles. The van der Waals surface area contributed by atoms with Crippen LogP contribution in [0.1, 0.15) is 26.7 Å². The Bertz CT molecular complexity index is 342. The van der Waals surface area contributed by atoms with Gasteiger partial charge < -0.3 is 20.2 Å². The molecule has 1 aliphatic heterocycles. The van der Waals surface area contributed by atoms with Crippen LogP contribution in [-0.4, -0.2) is 66.2 Å². The number of nitrogens with one attached hydrogen (secondary N) is 1. The molecule has 2 N–H and O–H groups in total. The first-order valence-corrected chi connectivity index (χ1v) is 6.64. The molecule has 1 heterocycles. The second-order valence-electron chi connectivity index (χ2n) is 6.06. The number of carboxylic acid groups (broad SMARTS) is 1. The average molecular weight is 271 g/mol. The number of nitrogens with zero attached hydrogens (tertiary/aromatic N) is 2. The third kappa shape index (κ3) is 4.70. The van der Waals surface area contributed by atoms with Crippen LogP contribution in [0.5, 0.6) is 0 Å². The van der Waals surface area contributed by atoms with Crippen LogP contribution in [0.2, 0.25) is 0 Å². The minimum absolute atomic E-state index is 0.0881. The number of carbonyl (C=O) groups is 2. The largest absolute Gasteiger partial charge is 0.481 e. The van der Waals surface area contributed by atoms with Crippen molar-refractivity contribution in [1.29, 1.82) is 0 Å². The van der Waals surface area contributed by atoms with Crippen LogP contribution in [0.4, 0.5) is 4.79 Å². The third-order valence-electron chi connectivity index (χ3n) is 3.92. The summed E-state index contributed by atoms with van der Waals surface area (Å²) in [5, 5.41) is 11.7. The second kappa shape index (κ2) is 6.23. The highest BCUT2D eigenvalue weighted by Gasteiger charge is 2.29. The maximum absolute atomic E-state index is 12.0. The van der Waals surface area contributed by atoms with Crippen molar-refractivity contribution >= 4 is 12.0 Å². The fourth-order valence-corrected chi connectivity index (χ4v) is 1.99. The smallest absolute Gasteiger partial charge is 0.317 e. The zero-order valence-electron chi connectivity index (χ0n) is 12.3. The van der Waals surface area contributed by atoms with E-state index in [1.54, 1.807) is 4.90 Å². The lowest BCUT2D eigenvalue weighted by Crippen LogP contribution is -2.50. The van der Waals surface area contributed by atoms with Crippen molar-refractivity contribution < 1.29 is 14.7 Å². The summed E-state index contributed by atoms with van der Waals surface area (Å²) in [7, 11) is 3.95. The Hall–Kier alpha value is -1.30. The summed E-state index contributed by atoms with van der Waals surface area (Å²) in [4.78, 5) is 26.4. The molecule has 0 aromatic heterocycles. The van der Waals surface area contributed by atoms with E-state index in [0.29, 0.717) is 19.6 Å². The maximum Gasteiger partial charge on any atom is 0.317 e. The number of carboxylic acids is 1. The van der Waals surface area contributed by atoms with Gasteiger partial charge in [0.1, 0.15) is 0 Å². The first kappa shape index (κ1) is 15.8. The average Bonchev–Trinajstić information content (AvgIpc) is 2.73. The van der Waals surface area contributed by atoms with E-state index in [4.69, 9.17) is 5.11 Å². The van der Waals surface area contributed by atoms with Crippen molar-refractivity contribution in [2.24, 2.45) is 5.92 Å². The molecule has 0 aromatic rings. The van der Waals surface area contributed by atoms with Gasteiger partial charge in [0.15, 0.2) is 0 Å². The van der Waals surface area contributed by atoms with Gasteiger partial charge >= 0.3 is 12.0 Å². The van der Waals surface area contributed by atoms with Crippen LogP contribution in [0, 0.1) is 5.92 Å². The van der Waals surface area contributed by atoms with Gasteiger partial charge in [0.25, 0.3) is 0 Å². The zero-order valence-corrected chi connectivity index (χ0v) is 12.3. The summed E-state index contributed by atoms with van der Waals surface area (Å²) in [6, 6.07) is -0.0946. The van der Waals surface area contributed by atoms with E-state index in [-0.39, 0.29) is 23.9 Å². The highest BCUT2D eigenvalue weighted by Crippen LogP contribution is 2.19. The maximum atomic E-state index is 12.0. The molecule has 19 heavy (non-hydrogen) atoms. The van der Waals surface area contributed by atoms with E-state index in [1.165, 1.54) is 0 Å². The topological polar surface area (TPSA) is 72.9 Å². The summed E-state index contributed by atoms with van der Waals surface area (Å²) in [6.45, 7) is 5.88. The lowest BCUT2D eigenvalue weighted by molar-refractivity contribution is -0.138. The summed E-state index contributed by atoms with van der Waals surface area (Å²) >= 11 is 0. The Morgan fingerprint density at radius 1 is 1.42 bits per heavy atom. The van der Waals surface area contributed by atoms with Gasteiger partial charge in [-0.15, -0.1) is 0 Å². The normalized spacial score (nSPS) is 19.8. The molecule has 1 fully saturated rings. The van der Waals surface area contributed by atoms with Gasteiger partial charge in [0, 0.05) is 31.6 Å². The molecular formula is C13H25N3O3. The monoisotopic (exact) mass is 271 g/mol. The van der Waals surface area contributed by atoms with Crippen LogP contribution in [0.25, 0.3) is 0 Å². The molecule has 110 valence electrons. The van der Waals surface area contributed by atoms with Crippen molar-refractivity contribution in [1.82, 2.24) is 15.1 Å². The number of carbonyl (C=O) groups excluding carboxylic acids is 1. The van der Waals surface area contributed by atoms with Gasteiger partial charge in [-0.05, 0) is 40.3 Å². The highest BCUT2D eigenvalue weighted by molar-refractivity contribution is 5.75. The van der Waals surface area contributed by atoms with Crippen LogP contribution >= 0.6 is 0 Å². The molecule has 6 heteroatoms. The molecule has 0 radical (unpaired) electrons. The van der Waals surface area contributed by atoms with Crippen molar-refractivity contribution in [3.63, 3.8) is 0 Å². The van der Waals surface area contributed by atoms with E-state index < -0.39 is 5.97 Å². The Labute approximate surface area is 114 Å². The fraction of sp³-hybridized carbons (Fsp3) is 0.846. The molecular weight excluding hydrogens is 246 g/mol. The lowest BCUT2D eigenvalue weighted by Gasteiger charge is -2.33. The third-order valence-corrected chi connectivity index (χ3v) is 3.92. The summed E-state index contributed by atoms with van der Waals surface area (Å²) < 4.78 is 0. The SMILES string of the molecule is CN(C)C(C)(C)CNC(=O)N1CCC(CC(=O)O)C1. The molecule has 0 spiro atoms. The van der Waals surface area contributed by atoms with Gasteiger partial charge in [-0.2, -0.15) is 0 Å². The fourth-order valence-electron chi connectivity index (χ4n) is 1.99. The predicted octanol–water partition coefficient (Wildman–Crippen LogP) is 0.833. The molecule has 0 aliphatic carbocycles. The number of amides is 2. The number of aliphatic carboxylic acids is 1. The molecule has 0 bridgehead atoms. The van der Waals surface area contributed by atoms with Crippen LogP contribution in [0.15, 0.2) is 0 Å². The van der Waals surface area contributed by atoms with Crippen molar-refractivity contribution in [2.45, 2.75) is 32.2 Å². The first-order valence-electron chi connectivity index (χ1n) is 6.64. The minimum Gasteiger partial charge on any atom is -0.481 e. The molecule has 1 aliphatic rings. The molecule has 6 nitrogen and oxygen atoms in total. The molecule has 1 saturated heterocycles. The van der Waals surface area contributed by atoms with Gasteiger partial charge in [0.05, 0.1) is 0 Å². The molecule has 1 unspecified atom stereocenters. The first-order chi connectivity index (χ1) is 8.72. The molecule has 0 aromatic carbocycles. The van der Waals surface area contributed by atoms with Crippen LogP contribution < -0.4 is 5.32 Å². The molecule has 1 rings (SSSR count). The zero-order chi connectivity index (χ0) is 14.6. The van der Waals surface area contributed by atoms with E-state index in [0.717, 1.165) is 6.42 Å². The summed E-state index contributed by atoms with van der Waals surface area (Å²) in [5.41, 5.74) is -0.101. The quantitative estimate of drug-likeness (QED) is 0.777. The Morgan fingerprint density at radius 3 is 2.58 bits per heavy atom. The number of urea groups is 1. The number of hydrogen-bond donors (Lipinski definition) is 2. The van der Waals surface area contributed by atoms with Crippen LogP contribution in [0.3, 0.4) is 0 Å². The summed E-state index contributed by atoms with van der Waals surface area (Å²) in [5.74, 6) is -0.703. The van der Waals surface area contributed by atoms with E-state index >= 15 is 0 Å². The predicted molar refractivity (Wildman–Crippen MR) is 73.1 cm³/mol. The lowest BCUT2D eigenvalue weighted by atomic mass is 10.0. The van der Waals surface area contributed by atoms with E-state index in [2.05, 4.69) is 24.1 Å². The van der Waals surface area contributed by atoms with Crippen molar-refractivity contribution in [3.05, 3.63) is 0 Å². The van der Waals surface area contributed by atoms with Crippen molar-refractivity contribution in [3.8, 4) is 0 Å². The minimum atomic E-state index is -0.791. The van der Waals surface area contributed by atoms with Gasteiger partial charge in [0.2, 0.25) is 0 Å². The molecule has 2 amide bonds. The Kier molecular flexibility index (Phi) is 5.17. The number of likely N-dealkylation sites (N-methyl/N-ethyl adjacent to an activating group) is 1. The summed E-state index contributed by atoms with van der Waals surface area (Å²) in [6.07, 6.45) is 0.920. The Morgan fingerprint density at radius 2 is 2.05 bits per heavy atom. The molecule has 1 atom stereocenters. The van der Waals surface area contributed by atoms with E-state index in [9.17, 15) is 9.59 Å². The van der Waals surface area contributed by atoms with Gasteiger partial charge in [-0.1, -0.05) is 0 Å².